The minimum Gasteiger partial charge on any atom is -0.486 e. The number of rotatable bonds is 5. The summed E-state index contributed by atoms with van der Waals surface area (Å²) in [5, 5.41) is 4.81. The van der Waals surface area contributed by atoms with Gasteiger partial charge in [0.2, 0.25) is 0 Å². The molecule has 0 spiro atoms. The second-order valence-electron chi connectivity index (χ2n) is 7.28. The fraction of sp³-hybridized carbons (Fsp3) is 0.0769. The van der Waals surface area contributed by atoms with Crippen LogP contribution in [0.25, 0.3) is 23.0 Å². The van der Waals surface area contributed by atoms with Gasteiger partial charge in [-0.1, -0.05) is 34.1 Å². The number of carbonyl (C=O) groups is 1. The zero-order valence-corrected chi connectivity index (χ0v) is 18.7. The van der Waals surface area contributed by atoms with E-state index in [4.69, 9.17) is 14.6 Å². The van der Waals surface area contributed by atoms with E-state index in [-0.39, 0.29) is 5.78 Å². The summed E-state index contributed by atoms with van der Waals surface area (Å²) in [6.07, 6.45) is 5.31. The minimum absolute atomic E-state index is 0.0712. The molecule has 0 aliphatic carbocycles. The van der Waals surface area contributed by atoms with E-state index in [0.717, 1.165) is 32.7 Å². The molecule has 0 bridgehead atoms. The van der Waals surface area contributed by atoms with Gasteiger partial charge >= 0.3 is 0 Å². The summed E-state index contributed by atoms with van der Waals surface area (Å²) in [5.74, 6) is 1.35. The van der Waals surface area contributed by atoms with Gasteiger partial charge in [-0.15, -0.1) is 0 Å². The zero-order valence-electron chi connectivity index (χ0n) is 17.1. The van der Waals surface area contributed by atoms with Crippen LogP contribution in [0.4, 0.5) is 0 Å². The lowest BCUT2D eigenvalue weighted by Crippen LogP contribution is -2.15. The van der Waals surface area contributed by atoms with Crippen LogP contribution in [0, 0.1) is 0 Å². The number of nitrogens with zero attached hydrogens (tertiary/aromatic N) is 2. The molecule has 32 heavy (non-hydrogen) atoms. The predicted molar refractivity (Wildman–Crippen MR) is 127 cm³/mol. The van der Waals surface area contributed by atoms with Crippen LogP contribution in [-0.4, -0.2) is 28.8 Å². The number of ketones is 1. The van der Waals surface area contributed by atoms with Crippen LogP contribution in [0.3, 0.4) is 0 Å². The third kappa shape index (κ3) is 4.22. The van der Waals surface area contributed by atoms with Gasteiger partial charge in [0.25, 0.3) is 0 Å². The third-order valence-electron chi connectivity index (χ3n) is 5.12. The summed E-state index contributed by atoms with van der Waals surface area (Å²) in [5.41, 5.74) is 4.03. The average Bonchev–Trinajstić information content (AvgIpc) is 3.27. The van der Waals surface area contributed by atoms with E-state index in [1.807, 2.05) is 77.6 Å². The molecule has 1 aliphatic heterocycles. The topological polar surface area (TPSA) is 53.4 Å². The third-order valence-corrected chi connectivity index (χ3v) is 5.65. The van der Waals surface area contributed by atoms with Crippen molar-refractivity contribution in [3.8, 4) is 28.4 Å². The van der Waals surface area contributed by atoms with Gasteiger partial charge in [0.15, 0.2) is 17.3 Å². The highest BCUT2D eigenvalue weighted by Gasteiger charge is 2.16. The number of para-hydroxylation sites is 1. The number of halogens is 1. The van der Waals surface area contributed by atoms with Gasteiger partial charge in [-0.25, -0.2) is 4.68 Å². The molecular weight excluding hydrogens is 468 g/mol. The quantitative estimate of drug-likeness (QED) is 0.257. The van der Waals surface area contributed by atoms with E-state index in [0.29, 0.717) is 24.5 Å². The Bertz CT molecular complexity index is 1290. The van der Waals surface area contributed by atoms with Crippen LogP contribution >= 0.6 is 15.9 Å². The van der Waals surface area contributed by atoms with Gasteiger partial charge in [-0.2, -0.15) is 5.10 Å². The summed E-state index contributed by atoms with van der Waals surface area (Å²) in [6.45, 7) is 1.06. The molecule has 1 aromatic heterocycles. The molecular formula is C26H19BrN2O3. The number of carbonyl (C=O) groups excluding carboxylic acids is 1. The van der Waals surface area contributed by atoms with Crippen molar-refractivity contribution >= 4 is 27.8 Å². The molecule has 0 saturated heterocycles. The first kappa shape index (κ1) is 20.3. The average molecular weight is 487 g/mol. The Hall–Kier alpha value is -3.64. The fourth-order valence-electron chi connectivity index (χ4n) is 3.51. The van der Waals surface area contributed by atoms with Crippen molar-refractivity contribution in [1.29, 1.82) is 0 Å². The molecule has 0 N–H and O–H groups in total. The van der Waals surface area contributed by atoms with Crippen molar-refractivity contribution in [3.63, 3.8) is 0 Å². The van der Waals surface area contributed by atoms with E-state index < -0.39 is 0 Å². The lowest BCUT2D eigenvalue weighted by Gasteiger charge is -2.18. The predicted octanol–water partition coefficient (Wildman–Crippen LogP) is 5.97. The van der Waals surface area contributed by atoms with Crippen molar-refractivity contribution in [2.45, 2.75) is 0 Å². The van der Waals surface area contributed by atoms with Crippen molar-refractivity contribution in [1.82, 2.24) is 9.78 Å². The second-order valence-corrected chi connectivity index (χ2v) is 8.19. The van der Waals surface area contributed by atoms with Gasteiger partial charge < -0.3 is 9.47 Å². The first-order chi connectivity index (χ1) is 15.7. The minimum atomic E-state index is -0.0712. The Morgan fingerprint density at radius 1 is 0.938 bits per heavy atom. The molecule has 5 rings (SSSR count). The summed E-state index contributed by atoms with van der Waals surface area (Å²) in [6, 6.07) is 23.0. The van der Waals surface area contributed by atoms with Crippen LogP contribution in [0.1, 0.15) is 15.9 Å². The fourth-order valence-corrected chi connectivity index (χ4v) is 3.78. The van der Waals surface area contributed by atoms with Crippen LogP contribution in [0.15, 0.2) is 89.5 Å². The SMILES string of the molecule is O=C(C=Cc1cn(-c2ccccc2)nc1-c1ccc2c(c1)OCCO2)c1ccc(Br)cc1. The molecule has 0 saturated carbocycles. The van der Waals surface area contributed by atoms with Crippen LogP contribution in [0.5, 0.6) is 11.5 Å². The monoisotopic (exact) mass is 486 g/mol. The summed E-state index contributed by atoms with van der Waals surface area (Å²) < 4.78 is 14.1. The van der Waals surface area contributed by atoms with E-state index in [1.54, 1.807) is 18.2 Å². The second kappa shape index (κ2) is 8.85. The van der Waals surface area contributed by atoms with Crippen molar-refractivity contribution in [2.24, 2.45) is 0 Å². The molecule has 2 heterocycles. The van der Waals surface area contributed by atoms with Crippen molar-refractivity contribution < 1.29 is 14.3 Å². The van der Waals surface area contributed by atoms with Crippen molar-refractivity contribution in [2.75, 3.05) is 13.2 Å². The lowest BCUT2D eigenvalue weighted by molar-refractivity contribution is 0.104. The number of hydrogen-bond donors (Lipinski definition) is 0. The molecule has 5 nitrogen and oxygen atoms in total. The summed E-state index contributed by atoms with van der Waals surface area (Å²) in [4.78, 5) is 12.7. The number of fused-ring (bicyclic) bond motifs is 1. The molecule has 1 aliphatic rings. The Kier molecular flexibility index (Phi) is 5.60. The highest BCUT2D eigenvalue weighted by atomic mass is 79.9. The highest BCUT2D eigenvalue weighted by Crippen LogP contribution is 2.35. The number of allylic oxidation sites excluding steroid dienone is 1. The number of benzene rings is 3. The van der Waals surface area contributed by atoms with Crippen LogP contribution < -0.4 is 9.47 Å². The maximum atomic E-state index is 12.7. The molecule has 0 amide bonds. The Morgan fingerprint density at radius 3 is 2.47 bits per heavy atom. The van der Waals surface area contributed by atoms with E-state index in [2.05, 4.69) is 15.9 Å². The van der Waals surface area contributed by atoms with Gasteiger partial charge in [0.05, 0.1) is 5.69 Å². The van der Waals surface area contributed by atoms with Crippen LogP contribution in [-0.2, 0) is 0 Å². The van der Waals surface area contributed by atoms with Gasteiger partial charge in [0, 0.05) is 27.4 Å². The van der Waals surface area contributed by atoms with E-state index in [9.17, 15) is 4.79 Å². The molecule has 158 valence electrons. The molecule has 6 heteroatoms. The number of ether oxygens (including phenoxy) is 2. The standard InChI is InChI=1S/C26H19BrN2O3/c27-21-10-6-18(7-11-21)23(30)12-8-20-17-29(22-4-2-1-3-5-22)28-26(20)19-9-13-24-25(16-19)32-15-14-31-24/h1-13,16-17H,14-15H2. The Balaban J connectivity index is 1.54. The van der Waals surface area contributed by atoms with E-state index >= 15 is 0 Å². The molecule has 0 unspecified atom stereocenters. The first-order valence-electron chi connectivity index (χ1n) is 10.2. The summed E-state index contributed by atoms with van der Waals surface area (Å²) in [7, 11) is 0. The molecule has 0 fully saturated rings. The number of aromatic nitrogens is 2. The lowest BCUT2D eigenvalue weighted by atomic mass is 10.1. The largest absolute Gasteiger partial charge is 0.486 e. The van der Waals surface area contributed by atoms with E-state index in [1.165, 1.54) is 0 Å². The Labute approximate surface area is 194 Å². The number of hydrogen-bond acceptors (Lipinski definition) is 4. The van der Waals surface area contributed by atoms with Gasteiger partial charge in [-0.3, -0.25) is 4.79 Å². The Morgan fingerprint density at radius 2 is 1.69 bits per heavy atom. The molecule has 0 atom stereocenters. The highest BCUT2D eigenvalue weighted by molar-refractivity contribution is 9.10. The normalized spacial score (nSPS) is 12.8. The molecule has 4 aromatic rings. The zero-order chi connectivity index (χ0) is 21.9. The maximum Gasteiger partial charge on any atom is 0.185 e. The first-order valence-corrected chi connectivity index (χ1v) is 11.0. The summed E-state index contributed by atoms with van der Waals surface area (Å²) >= 11 is 3.40. The van der Waals surface area contributed by atoms with Gasteiger partial charge in [0.1, 0.15) is 18.9 Å². The molecule has 0 radical (unpaired) electrons. The smallest absolute Gasteiger partial charge is 0.185 e. The van der Waals surface area contributed by atoms with Crippen LogP contribution in [0.2, 0.25) is 0 Å². The van der Waals surface area contributed by atoms with Gasteiger partial charge in [-0.05, 0) is 66.7 Å². The maximum absolute atomic E-state index is 12.7. The molecule has 3 aromatic carbocycles. The van der Waals surface area contributed by atoms with Crippen molar-refractivity contribution in [3.05, 3.63) is 101 Å².